The van der Waals surface area contributed by atoms with E-state index in [0.29, 0.717) is 18.9 Å². The van der Waals surface area contributed by atoms with Crippen molar-refractivity contribution in [3.8, 4) is 0 Å². The number of rotatable bonds is 4. The lowest BCUT2D eigenvalue weighted by Crippen LogP contribution is -2.53. The van der Waals surface area contributed by atoms with Gasteiger partial charge in [0.05, 0.1) is 0 Å². The molecule has 5 nitrogen and oxygen atoms in total. The highest BCUT2D eigenvalue weighted by Crippen LogP contribution is 2.31. The molecule has 0 bridgehead atoms. The predicted octanol–water partition coefficient (Wildman–Crippen LogP) is 2.56. The highest BCUT2D eigenvalue weighted by molar-refractivity contribution is 5.83. The Morgan fingerprint density at radius 3 is 2.45 bits per heavy atom. The van der Waals surface area contributed by atoms with Gasteiger partial charge in [-0.15, -0.1) is 0 Å². The van der Waals surface area contributed by atoms with E-state index in [-0.39, 0.29) is 12.1 Å². The Labute approximate surface area is 120 Å². The van der Waals surface area contributed by atoms with Crippen molar-refractivity contribution in [3.05, 3.63) is 0 Å². The quantitative estimate of drug-likeness (QED) is 0.862. The topological polar surface area (TPSA) is 60.9 Å². The molecular formula is C15H26N2O3. The molecule has 1 aliphatic carbocycles. The third-order valence-corrected chi connectivity index (χ3v) is 4.30. The fourth-order valence-corrected chi connectivity index (χ4v) is 2.85. The fraction of sp³-hybridized carbons (Fsp3) is 0.867. The van der Waals surface area contributed by atoms with Gasteiger partial charge in [0, 0.05) is 19.1 Å². The first kappa shape index (κ1) is 15.1. The van der Waals surface area contributed by atoms with Crippen LogP contribution in [-0.4, -0.2) is 52.1 Å². The van der Waals surface area contributed by atoms with Crippen molar-refractivity contribution in [3.63, 3.8) is 0 Å². The highest BCUT2D eigenvalue weighted by Gasteiger charge is 2.36. The zero-order chi connectivity index (χ0) is 14.7. The Morgan fingerprint density at radius 2 is 1.90 bits per heavy atom. The second kappa shape index (κ2) is 6.46. The summed E-state index contributed by atoms with van der Waals surface area (Å²) in [5.41, 5.74) is 0. The molecular weight excluding hydrogens is 256 g/mol. The molecule has 0 spiro atoms. The van der Waals surface area contributed by atoms with Crippen molar-refractivity contribution in [2.24, 2.45) is 5.92 Å². The summed E-state index contributed by atoms with van der Waals surface area (Å²) in [5, 5.41) is 9.38. The van der Waals surface area contributed by atoms with E-state index in [2.05, 4.69) is 0 Å². The minimum atomic E-state index is -0.865. The molecule has 114 valence electrons. The normalized spacial score (nSPS) is 23.6. The van der Waals surface area contributed by atoms with E-state index in [4.69, 9.17) is 0 Å². The summed E-state index contributed by atoms with van der Waals surface area (Å²) in [7, 11) is 0. The second-order valence-corrected chi connectivity index (χ2v) is 6.37. The van der Waals surface area contributed by atoms with E-state index in [1.807, 2.05) is 18.7 Å². The Hall–Kier alpha value is -1.26. The first-order chi connectivity index (χ1) is 9.50. The molecule has 2 aliphatic rings. The number of aliphatic carboxylic acids is 1. The van der Waals surface area contributed by atoms with Crippen molar-refractivity contribution >= 4 is 12.0 Å². The van der Waals surface area contributed by atoms with E-state index < -0.39 is 12.0 Å². The Kier molecular flexibility index (Phi) is 4.89. The van der Waals surface area contributed by atoms with Gasteiger partial charge in [0.1, 0.15) is 6.04 Å². The molecule has 1 N–H and O–H groups in total. The summed E-state index contributed by atoms with van der Waals surface area (Å²) in [6.07, 6.45) is 5.78. The number of urea groups is 1. The summed E-state index contributed by atoms with van der Waals surface area (Å²) in [5.74, 6) is -0.244. The van der Waals surface area contributed by atoms with Gasteiger partial charge in [-0.3, -0.25) is 0 Å². The van der Waals surface area contributed by atoms with Gasteiger partial charge in [-0.2, -0.15) is 0 Å². The number of carboxylic acid groups (broad SMARTS) is 1. The van der Waals surface area contributed by atoms with Crippen molar-refractivity contribution < 1.29 is 14.7 Å². The largest absolute Gasteiger partial charge is 0.480 e. The van der Waals surface area contributed by atoms with E-state index >= 15 is 0 Å². The maximum absolute atomic E-state index is 12.8. The molecule has 2 rings (SSSR count). The number of carbonyl (C=O) groups excluding carboxylic acids is 1. The van der Waals surface area contributed by atoms with Crippen LogP contribution in [0.3, 0.4) is 0 Å². The Bertz CT molecular complexity index is 366. The van der Waals surface area contributed by atoms with Crippen LogP contribution in [0.2, 0.25) is 0 Å². The summed E-state index contributed by atoms with van der Waals surface area (Å²) < 4.78 is 0. The first-order valence-electron chi connectivity index (χ1n) is 7.80. The Balaban J connectivity index is 2.10. The standard InChI is InChI=1S/C15H26N2O3/c1-11(2)17(10-12-7-8-12)15(20)16-9-5-3-4-6-13(16)14(18)19/h11-13H,3-10H2,1-2H3,(H,18,19). The van der Waals surface area contributed by atoms with Crippen molar-refractivity contribution in [2.45, 2.75) is 64.5 Å². The number of nitrogens with zero attached hydrogens (tertiary/aromatic N) is 2. The predicted molar refractivity (Wildman–Crippen MR) is 76.6 cm³/mol. The van der Waals surface area contributed by atoms with Crippen LogP contribution in [0.25, 0.3) is 0 Å². The lowest BCUT2D eigenvalue weighted by molar-refractivity contribution is -0.142. The van der Waals surface area contributed by atoms with Gasteiger partial charge in [0.15, 0.2) is 0 Å². The van der Waals surface area contributed by atoms with Gasteiger partial charge in [0.25, 0.3) is 0 Å². The summed E-state index contributed by atoms with van der Waals surface area (Å²) >= 11 is 0. The molecule has 1 unspecified atom stereocenters. The van der Waals surface area contributed by atoms with Crippen LogP contribution in [0, 0.1) is 5.92 Å². The molecule has 2 fully saturated rings. The van der Waals surface area contributed by atoms with Gasteiger partial charge in [0.2, 0.25) is 0 Å². The van der Waals surface area contributed by atoms with E-state index in [0.717, 1.165) is 25.8 Å². The lowest BCUT2D eigenvalue weighted by atomic mass is 10.1. The van der Waals surface area contributed by atoms with E-state index in [1.54, 1.807) is 4.90 Å². The van der Waals surface area contributed by atoms with Gasteiger partial charge < -0.3 is 14.9 Å². The van der Waals surface area contributed by atoms with Crippen LogP contribution >= 0.6 is 0 Å². The minimum Gasteiger partial charge on any atom is -0.480 e. The maximum atomic E-state index is 12.8. The molecule has 1 saturated carbocycles. The van der Waals surface area contributed by atoms with Crippen molar-refractivity contribution in [2.75, 3.05) is 13.1 Å². The van der Waals surface area contributed by atoms with E-state index in [9.17, 15) is 14.7 Å². The first-order valence-corrected chi connectivity index (χ1v) is 7.80. The molecule has 20 heavy (non-hydrogen) atoms. The third-order valence-electron chi connectivity index (χ3n) is 4.30. The third kappa shape index (κ3) is 3.64. The van der Waals surface area contributed by atoms with Gasteiger partial charge in [-0.05, 0) is 45.4 Å². The molecule has 0 aromatic rings. The lowest BCUT2D eigenvalue weighted by Gasteiger charge is -2.35. The SMILES string of the molecule is CC(C)N(CC1CC1)C(=O)N1CCCCCC1C(=O)O. The molecule has 5 heteroatoms. The van der Waals surface area contributed by atoms with Crippen LogP contribution < -0.4 is 0 Å². The molecule has 0 aromatic heterocycles. The summed E-state index contributed by atoms with van der Waals surface area (Å²) in [4.78, 5) is 27.7. The van der Waals surface area contributed by atoms with Crippen LogP contribution in [0.1, 0.15) is 52.4 Å². The summed E-state index contributed by atoms with van der Waals surface area (Å²) in [6.45, 7) is 5.37. The zero-order valence-electron chi connectivity index (χ0n) is 12.5. The molecule has 1 heterocycles. The van der Waals surface area contributed by atoms with Gasteiger partial charge in [-0.1, -0.05) is 12.8 Å². The number of carbonyl (C=O) groups is 2. The van der Waals surface area contributed by atoms with Crippen molar-refractivity contribution in [1.29, 1.82) is 0 Å². The molecule has 1 saturated heterocycles. The summed E-state index contributed by atoms with van der Waals surface area (Å²) in [6, 6.07) is -0.604. The molecule has 0 aromatic carbocycles. The molecule has 1 aliphatic heterocycles. The molecule has 1 atom stereocenters. The Morgan fingerprint density at radius 1 is 1.20 bits per heavy atom. The van der Waals surface area contributed by atoms with E-state index in [1.165, 1.54) is 12.8 Å². The number of amides is 2. The molecule has 2 amide bonds. The smallest absolute Gasteiger partial charge is 0.326 e. The number of carboxylic acids is 1. The fourth-order valence-electron chi connectivity index (χ4n) is 2.85. The molecule has 0 radical (unpaired) electrons. The van der Waals surface area contributed by atoms with Gasteiger partial charge >= 0.3 is 12.0 Å². The number of likely N-dealkylation sites (tertiary alicyclic amines) is 1. The van der Waals surface area contributed by atoms with Crippen molar-refractivity contribution in [1.82, 2.24) is 9.80 Å². The number of hydrogen-bond donors (Lipinski definition) is 1. The van der Waals surface area contributed by atoms with Gasteiger partial charge in [-0.25, -0.2) is 9.59 Å². The second-order valence-electron chi connectivity index (χ2n) is 6.37. The average Bonchev–Trinajstić information content (AvgIpc) is 3.20. The number of hydrogen-bond acceptors (Lipinski definition) is 2. The maximum Gasteiger partial charge on any atom is 0.326 e. The zero-order valence-corrected chi connectivity index (χ0v) is 12.5. The highest BCUT2D eigenvalue weighted by atomic mass is 16.4. The monoisotopic (exact) mass is 282 g/mol. The van der Waals surface area contributed by atoms with Crippen LogP contribution in [0.5, 0.6) is 0 Å². The average molecular weight is 282 g/mol. The van der Waals surface area contributed by atoms with Crippen LogP contribution in [0.4, 0.5) is 4.79 Å². The van der Waals surface area contributed by atoms with Crippen LogP contribution in [0.15, 0.2) is 0 Å². The minimum absolute atomic E-state index is 0.0822. The van der Waals surface area contributed by atoms with Crippen LogP contribution in [-0.2, 0) is 4.79 Å².